The van der Waals surface area contributed by atoms with Gasteiger partial charge in [0.05, 0.1) is 26.2 Å². The van der Waals surface area contributed by atoms with E-state index in [-0.39, 0.29) is 10.6 Å². The summed E-state index contributed by atoms with van der Waals surface area (Å²) >= 11 is 0. The lowest BCUT2D eigenvalue weighted by Crippen LogP contribution is -2.33. The largest absolute Gasteiger partial charge is 0.497 e. The minimum atomic E-state index is -1.26. The van der Waals surface area contributed by atoms with E-state index >= 15 is 0 Å². The van der Waals surface area contributed by atoms with Crippen LogP contribution in [0.1, 0.15) is 11.5 Å². The smallest absolute Gasteiger partial charge is 0.405 e. The number of rotatable bonds is 4. The van der Waals surface area contributed by atoms with Crippen molar-refractivity contribution in [3.63, 3.8) is 0 Å². The van der Waals surface area contributed by atoms with Crippen molar-refractivity contribution in [2.24, 2.45) is 0 Å². The Morgan fingerprint density at radius 3 is 2.27 bits per heavy atom. The van der Waals surface area contributed by atoms with Gasteiger partial charge in [-0.25, -0.2) is 4.79 Å². The number of esters is 2. The third kappa shape index (κ3) is 2.67. The fraction of sp³-hybridized carbons (Fsp3) is 0.357. The predicted octanol–water partition coefficient (Wildman–Crippen LogP) is 0.390. The first-order chi connectivity index (χ1) is 10.5. The lowest BCUT2D eigenvalue weighted by Gasteiger charge is -2.16. The molecule has 0 unspecified atom stereocenters. The molecule has 1 aliphatic heterocycles. The number of nitrogens with zero attached hydrogens (tertiary/aromatic N) is 1. The molecule has 0 bridgehead atoms. The molecule has 8 nitrogen and oxygen atoms in total. The van der Waals surface area contributed by atoms with Crippen LogP contribution in [-0.4, -0.2) is 50.0 Å². The Kier molecular flexibility index (Phi) is 4.50. The Morgan fingerprint density at radius 1 is 1.14 bits per heavy atom. The third-order valence-corrected chi connectivity index (χ3v) is 3.31. The van der Waals surface area contributed by atoms with Crippen LogP contribution in [0.2, 0.25) is 0 Å². The first-order valence-electron chi connectivity index (χ1n) is 6.34. The highest BCUT2D eigenvalue weighted by Gasteiger charge is 2.50. The van der Waals surface area contributed by atoms with Crippen LogP contribution in [0, 0.1) is 5.21 Å². The van der Waals surface area contributed by atoms with Crippen LogP contribution in [0.15, 0.2) is 24.3 Å². The van der Waals surface area contributed by atoms with Gasteiger partial charge in [-0.15, -0.1) is 0 Å². The van der Waals surface area contributed by atoms with Crippen LogP contribution in [0.5, 0.6) is 5.75 Å². The van der Waals surface area contributed by atoms with E-state index in [1.807, 2.05) is 0 Å². The normalized spacial score (nSPS) is 20.3. The zero-order chi connectivity index (χ0) is 16.3. The van der Waals surface area contributed by atoms with Crippen molar-refractivity contribution in [1.82, 2.24) is 0 Å². The molecule has 2 rings (SSSR count). The van der Waals surface area contributed by atoms with Crippen molar-refractivity contribution in [3.8, 4) is 5.75 Å². The third-order valence-electron chi connectivity index (χ3n) is 3.31. The molecule has 0 spiro atoms. The topological polar surface area (TPSA) is 97.1 Å². The molecule has 0 aromatic heterocycles. The van der Waals surface area contributed by atoms with E-state index in [9.17, 15) is 14.8 Å². The summed E-state index contributed by atoms with van der Waals surface area (Å²) in [5, 5.41) is 11.8. The highest BCUT2D eigenvalue weighted by molar-refractivity contribution is 6.37. The summed E-state index contributed by atoms with van der Waals surface area (Å²) in [5.74, 6) is -1.97. The number of benzene rings is 1. The van der Waals surface area contributed by atoms with Gasteiger partial charge in [0.25, 0.3) is 0 Å². The molecule has 0 saturated carbocycles. The summed E-state index contributed by atoms with van der Waals surface area (Å²) < 4.78 is 14.3. The number of methoxy groups -OCH3 is 3. The molecule has 1 heterocycles. The van der Waals surface area contributed by atoms with Gasteiger partial charge < -0.3 is 19.0 Å². The first-order valence-corrected chi connectivity index (χ1v) is 6.34. The van der Waals surface area contributed by atoms with Crippen molar-refractivity contribution in [1.29, 1.82) is 0 Å². The molecule has 118 valence electrons. The second kappa shape index (κ2) is 6.33. The highest BCUT2D eigenvalue weighted by atomic mass is 16.9. The molecule has 0 saturated heterocycles. The molecule has 1 aliphatic rings. The zero-order valence-corrected chi connectivity index (χ0v) is 12.3. The molecular weight excluding hydrogens is 294 g/mol. The van der Waals surface area contributed by atoms with Gasteiger partial charge in [0, 0.05) is 0 Å². The van der Waals surface area contributed by atoms with Crippen LogP contribution in [0.4, 0.5) is 0 Å². The Bertz CT molecular complexity index is 608. The van der Waals surface area contributed by atoms with Crippen LogP contribution in [0.3, 0.4) is 0 Å². The number of ether oxygens (including phenoxy) is 3. The van der Waals surface area contributed by atoms with Gasteiger partial charge in [-0.1, -0.05) is 12.1 Å². The Hall–Kier alpha value is -2.77. The summed E-state index contributed by atoms with van der Waals surface area (Å²) in [5.41, 5.74) is 0.206. The van der Waals surface area contributed by atoms with Crippen molar-refractivity contribution < 1.29 is 33.5 Å². The molecule has 2 atom stereocenters. The summed E-state index contributed by atoms with van der Waals surface area (Å²) in [4.78, 5) is 28.6. The molecule has 0 fully saturated rings. The predicted molar refractivity (Wildman–Crippen MR) is 73.3 cm³/mol. The van der Waals surface area contributed by atoms with Gasteiger partial charge in [-0.2, -0.15) is 0 Å². The monoisotopic (exact) mass is 309 g/mol. The van der Waals surface area contributed by atoms with Gasteiger partial charge >= 0.3 is 17.7 Å². The maximum absolute atomic E-state index is 11.8. The molecule has 22 heavy (non-hydrogen) atoms. The molecule has 1 aromatic rings. The standard InChI is InChI=1S/C14H15NO7/c1-19-9-6-4-8(5-7-9)10-11(13(16)20-2)15(18)22-12(10)14(17)21-3/h4-7,10,12H,1-3H3/t10-,12+/m0/s1. The molecule has 1 aromatic carbocycles. The highest BCUT2D eigenvalue weighted by Crippen LogP contribution is 2.31. The molecule has 0 radical (unpaired) electrons. The fourth-order valence-electron chi connectivity index (χ4n) is 2.22. The van der Waals surface area contributed by atoms with Gasteiger partial charge in [-0.3, -0.25) is 10.0 Å². The van der Waals surface area contributed by atoms with E-state index in [1.54, 1.807) is 24.3 Å². The molecule has 0 N–H and O–H groups in total. The quantitative estimate of drug-likeness (QED) is 0.586. The Labute approximate surface area is 126 Å². The maximum Gasteiger partial charge on any atom is 0.405 e. The summed E-state index contributed by atoms with van der Waals surface area (Å²) in [6.07, 6.45) is -1.26. The summed E-state index contributed by atoms with van der Waals surface area (Å²) in [7, 11) is 3.82. The van der Waals surface area contributed by atoms with E-state index < -0.39 is 24.0 Å². The minimum Gasteiger partial charge on any atom is -0.497 e. The van der Waals surface area contributed by atoms with Crippen molar-refractivity contribution in [3.05, 3.63) is 35.0 Å². The molecule has 0 amide bonds. The number of carbonyl (C=O) groups excluding carboxylic acids is 2. The van der Waals surface area contributed by atoms with E-state index in [0.29, 0.717) is 11.3 Å². The molecule has 8 heteroatoms. The van der Waals surface area contributed by atoms with E-state index in [2.05, 4.69) is 9.47 Å². The van der Waals surface area contributed by atoms with Crippen molar-refractivity contribution in [2.45, 2.75) is 12.0 Å². The Balaban J connectivity index is 2.46. The van der Waals surface area contributed by atoms with Crippen LogP contribution in [0.25, 0.3) is 0 Å². The average molecular weight is 309 g/mol. The molecular formula is C14H15NO7. The second-order valence-corrected chi connectivity index (χ2v) is 4.43. The van der Waals surface area contributed by atoms with E-state index in [1.165, 1.54) is 14.2 Å². The van der Waals surface area contributed by atoms with E-state index in [4.69, 9.17) is 9.57 Å². The van der Waals surface area contributed by atoms with E-state index in [0.717, 1.165) is 7.11 Å². The Morgan fingerprint density at radius 2 is 1.77 bits per heavy atom. The van der Waals surface area contributed by atoms with Gasteiger partial charge in [-0.05, 0) is 17.7 Å². The zero-order valence-electron chi connectivity index (χ0n) is 12.3. The van der Waals surface area contributed by atoms with Gasteiger partial charge in [0.1, 0.15) is 11.7 Å². The minimum absolute atomic E-state index is 0.00230. The number of carbonyl (C=O) groups is 2. The van der Waals surface area contributed by atoms with Crippen LogP contribution >= 0.6 is 0 Å². The summed E-state index contributed by atoms with van der Waals surface area (Å²) in [6, 6.07) is 6.55. The maximum atomic E-state index is 11.8. The number of hydrogen-bond donors (Lipinski definition) is 0. The lowest BCUT2D eigenvalue weighted by atomic mass is 9.89. The van der Waals surface area contributed by atoms with Crippen molar-refractivity contribution in [2.75, 3.05) is 21.3 Å². The fourth-order valence-corrected chi connectivity index (χ4v) is 2.22. The SMILES string of the molecule is COC(=O)C1=[N+]([O-])O[C@@H](C(=O)OC)[C@H]1c1ccc(OC)cc1. The molecule has 0 aliphatic carbocycles. The first kappa shape index (κ1) is 15.6. The lowest BCUT2D eigenvalue weighted by molar-refractivity contribution is -0.736. The van der Waals surface area contributed by atoms with Crippen molar-refractivity contribution >= 4 is 17.7 Å². The van der Waals surface area contributed by atoms with Crippen LogP contribution in [-0.2, 0) is 23.9 Å². The average Bonchev–Trinajstić information content (AvgIpc) is 2.90. The van der Waals surface area contributed by atoms with Gasteiger partial charge in [0.15, 0.2) is 6.10 Å². The number of hydrogen-bond acceptors (Lipinski definition) is 7. The van der Waals surface area contributed by atoms with Gasteiger partial charge in [0.2, 0.25) is 0 Å². The summed E-state index contributed by atoms with van der Waals surface area (Å²) in [6.45, 7) is 0. The van der Waals surface area contributed by atoms with Crippen LogP contribution < -0.4 is 4.74 Å². The second-order valence-electron chi connectivity index (χ2n) is 4.43.